The third-order valence-corrected chi connectivity index (χ3v) is 7.15. The number of nitrogens with zero attached hydrogens (tertiary/aromatic N) is 2. The minimum atomic E-state index is -0.611. The standard InChI is InChI=1S/C16H27N5OS2/c1-13(22)19-16(18-6-9-21-7-4-3-5-8-21)20-15(2,11-24-16)14-10-17-12-23-14/h10,12,18,20H,3-9,11H2,1-2H3,(H,19,22). The van der Waals surface area contributed by atoms with Gasteiger partial charge in [-0.2, -0.15) is 0 Å². The second-order valence-corrected chi connectivity index (χ2v) is 8.88. The Bertz CT molecular complexity index is 549. The molecule has 2 aliphatic rings. The lowest BCUT2D eigenvalue weighted by atomic mass is 10.0. The molecule has 0 aromatic carbocycles. The van der Waals surface area contributed by atoms with Crippen LogP contribution in [0.1, 0.15) is 38.0 Å². The third kappa shape index (κ3) is 4.29. The van der Waals surface area contributed by atoms with Crippen LogP contribution in [0.3, 0.4) is 0 Å². The van der Waals surface area contributed by atoms with Crippen LogP contribution in [0, 0.1) is 0 Å². The van der Waals surface area contributed by atoms with Crippen molar-refractivity contribution >= 4 is 29.0 Å². The van der Waals surface area contributed by atoms with E-state index < -0.39 is 5.12 Å². The second-order valence-electron chi connectivity index (χ2n) is 6.80. The smallest absolute Gasteiger partial charge is 0.219 e. The van der Waals surface area contributed by atoms with Crippen LogP contribution in [-0.2, 0) is 10.3 Å². The molecular formula is C16H27N5OS2. The van der Waals surface area contributed by atoms with Crippen molar-refractivity contribution in [3.8, 4) is 0 Å². The van der Waals surface area contributed by atoms with Gasteiger partial charge >= 0.3 is 0 Å². The molecule has 134 valence electrons. The number of hydrogen-bond acceptors (Lipinski definition) is 7. The predicted molar refractivity (Wildman–Crippen MR) is 99.9 cm³/mol. The van der Waals surface area contributed by atoms with E-state index in [0.717, 1.165) is 18.8 Å². The van der Waals surface area contributed by atoms with Gasteiger partial charge in [0.1, 0.15) is 0 Å². The van der Waals surface area contributed by atoms with E-state index in [0.29, 0.717) is 0 Å². The molecule has 2 saturated heterocycles. The van der Waals surface area contributed by atoms with Crippen LogP contribution in [0.15, 0.2) is 11.7 Å². The van der Waals surface area contributed by atoms with Crippen molar-refractivity contribution in [1.29, 1.82) is 0 Å². The highest BCUT2D eigenvalue weighted by molar-refractivity contribution is 8.00. The largest absolute Gasteiger partial charge is 0.317 e. The highest BCUT2D eigenvalue weighted by Crippen LogP contribution is 2.39. The van der Waals surface area contributed by atoms with Crippen molar-refractivity contribution in [3.05, 3.63) is 16.6 Å². The number of thiazole rings is 1. The zero-order valence-electron chi connectivity index (χ0n) is 14.4. The fraction of sp³-hybridized carbons (Fsp3) is 0.750. The number of likely N-dealkylation sites (tertiary alicyclic amines) is 1. The van der Waals surface area contributed by atoms with Gasteiger partial charge in [0.25, 0.3) is 0 Å². The van der Waals surface area contributed by atoms with Crippen molar-refractivity contribution in [2.75, 3.05) is 31.9 Å². The lowest BCUT2D eigenvalue weighted by molar-refractivity contribution is -0.120. The van der Waals surface area contributed by atoms with Crippen molar-refractivity contribution in [2.24, 2.45) is 0 Å². The number of hydrogen-bond donors (Lipinski definition) is 3. The Morgan fingerprint density at radius 1 is 1.42 bits per heavy atom. The maximum atomic E-state index is 11.7. The molecule has 2 aliphatic heterocycles. The molecule has 1 amide bonds. The molecule has 3 N–H and O–H groups in total. The molecule has 2 fully saturated rings. The molecule has 0 saturated carbocycles. The first kappa shape index (κ1) is 18.1. The molecule has 8 heteroatoms. The zero-order valence-corrected chi connectivity index (χ0v) is 16.1. The molecule has 3 heterocycles. The Labute approximate surface area is 152 Å². The average molecular weight is 370 g/mol. The fourth-order valence-corrected chi connectivity index (χ4v) is 5.64. The molecule has 1 aromatic heterocycles. The van der Waals surface area contributed by atoms with Crippen LogP contribution in [0.25, 0.3) is 0 Å². The first-order chi connectivity index (χ1) is 11.5. The number of piperidine rings is 1. The van der Waals surface area contributed by atoms with Gasteiger partial charge in [0.2, 0.25) is 5.91 Å². The van der Waals surface area contributed by atoms with Crippen LogP contribution >= 0.6 is 23.1 Å². The number of carbonyl (C=O) groups is 1. The van der Waals surface area contributed by atoms with Gasteiger partial charge in [0.15, 0.2) is 5.12 Å². The summed E-state index contributed by atoms with van der Waals surface area (Å²) in [6, 6.07) is 0. The van der Waals surface area contributed by atoms with E-state index in [2.05, 4.69) is 32.8 Å². The first-order valence-electron chi connectivity index (χ1n) is 8.60. The van der Waals surface area contributed by atoms with E-state index in [1.807, 2.05) is 11.7 Å². The summed E-state index contributed by atoms with van der Waals surface area (Å²) >= 11 is 3.37. The van der Waals surface area contributed by atoms with Gasteiger partial charge in [-0.15, -0.1) is 11.3 Å². The Hall–Kier alpha value is -0.670. The van der Waals surface area contributed by atoms with Gasteiger partial charge in [0, 0.05) is 36.8 Å². The van der Waals surface area contributed by atoms with Gasteiger partial charge in [-0.1, -0.05) is 18.2 Å². The fourth-order valence-electron chi connectivity index (χ4n) is 3.36. The lowest BCUT2D eigenvalue weighted by Gasteiger charge is -2.35. The van der Waals surface area contributed by atoms with Gasteiger partial charge in [0.05, 0.1) is 11.0 Å². The van der Waals surface area contributed by atoms with Gasteiger partial charge < -0.3 is 10.2 Å². The number of aromatic nitrogens is 1. The van der Waals surface area contributed by atoms with E-state index in [1.165, 1.54) is 37.2 Å². The quantitative estimate of drug-likeness (QED) is 0.661. The molecule has 0 bridgehead atoms. The normalized spacial score (nSPS) is 31.2. The Morgan fingerprint density at radius 2 is 2.21 bits per heavy atom. The number of nitrogens with one attached hydrogen (secondary N) is 3. The van der Waals surface area contributed by atoms with E-state index in [4.69, 9.17) is 0 Å². The lowest BCUT2D eigenvalue weighted by Crippen LogP contribution is -2.66. The Morgan fingerprint density at radius 3 is 2.88 bits per heavy atom. The molecule has 0 radical (unpaired) electrons. The number of amides is 1. The van der Waals surface area contributed by atoms with E-state index in [-0.39, 0.29) is 11.4 Å². The first-order valence-corrected chi connectivity index (χ1v) is 10.5. The molecule has 6 nitrogen and oxygen atoms in total. The topological polar surface area (TPSA) is 69.3 Å². The molecule has 1 aromatic rings. The maximum Gasteiger partial charge on any atom is 0.219 e. The van der Waals surface area contributed by atoms with E-state index in [1.54, 1.807) is 30.0 Å². The third-order valence-electron chi connectivity index (χ3n) is 4.61. The van der Waals surface area contributed by atoms with Crippen LogP contribution in [0.2, 0.25) is 0 Å². The zero-order chi connectivity index (χ0) is 17.0. The molecule has 24 heavy (non-hydrogen) atoms. The number of carbonyl (C=O) groups excluding carboxylic acids is 1. The monoisotopic (exact) mass is 369 g/mol. The van der Waals surface area contributed by atoms with Gasteiger partial charge in [-0.3, -0.25) is 20.4 Å². The van der Waals surface area contributed by atoms with Crippen molar-refractivity contribution in [1.82, 2.24) is 25.8 Å². The highest BCUT2D eigenvalue weighted by Gasteiger charge is 2.47. The summed E-state index contributed by atoms with van der Waals surface area (Å²) in [4.78, 5) is 19.6. The average Bonchev–Trinajstić information content (AvgIpc) is 3.18. The highest BCUT2D eigenvalue weighted by atomic mass is 32.2. The molecule has 2 atom stereocenters. The second kappa shape index (κ2) is 7.70. The summed E-state index contributed by atoms with van der Waals surface area (Å²) in [5.74, 6) is 0.848. The molecule has 2 unspecified atom stereocenters. The van der Waals surface area contributed by atoms with E-state index in [9.17, 15) is 4.79 Å². The Kier molecular flexibility index (Phi) is 5.82. The summed E-state index contributed by atoms with van der Waals surface area (Å²) in [6.45, 7) is 7.98. The SMILES string of the molecule is CC(=O)NC1(NCCN2CCCCC2)NC(C)(c2cncs2)CS1. The van der Waals surface area contributed by atoms with Crippen LogP contribution < -0.4 is 16.0 Å². The number of thioether (sulfide) groups is 1. The van der Waals surface area contributed by atoms with Crippen molar-refractivity contribution < 1.29 is 4.79 Å². The summed E-state index contributed by atoms with van der Waals surface area (Å²) in [6.07, 6.45) is 5.86. The predicted octanol–water partition coefficient (Wildman–Crippen LogP) is 1.52. The minimum Gasteiger partial charge on any atom is -0.317 e. The van der Waals surface area contributed by atoms with Crippen molar-refractivity contribution in [3.63, 3.8) is 0 Å². The van der Waals surface area contributed by atoms with Gasteiger partial charge in [-0.05, 0) is 32.9 Å². The molecular weight excluding hydrogens is 342 g/mol. The van der Waals surface area contributed by atoms with Crippen LogP contribution in [0.4, 0.5) is 0 Å². The summed E-state index contributed by atoms with van der Waals surface area (Å²) in [5.41, 5.74) is 1.67. The van der Waals surface area contributed by atoms with E-state index >= 15 is 0 Å². The van der Waals surface area contributed by atoms with Gasteiger partial charge in [-0.25, -0.2) is 0 Å². The summed E-state index contributed by atoms with van der Waals surface area (Å²) in [5, 5.41) is 9.64. The number of rotatable bonds is 6. The van der Waals surface area contributed by atoms with Crippen LogP contribution in [-0.4, -0.2) is 52.8 Å². The molecule has 0 aliphatic carbocycles. The summed E-state index contributed by atoms with van der Waals surface area (Å²) < 4.78 is 0. The van der Waals surface area contributed by atoms with Crippen molar-refractivity contribution in [2.45, 2.75) is 43.8 Å². The Balaban J connectivity index is 1.62. The maximum absolute atomic E-state index is 11.7. The molecule has 3 rings (SSSR count). The van der Waals surface area contributed by atoms with Crippen LogP contribution in [0.5, 0.6) is 0 Å². The molecule has 0 spiro atoms. The minimum absolute atomic E-state index is 0.0333. The summed E-state index contributed by atoms with van der Waals surface area (Å²) in [7, 11) is 0.